The first-order valence-corrected chi connectivity index (χ1v) is 32.0. The van der Waals surface area contributed by atoms with Crippen LogP contribution in [0.15, 0.2) is 110 Å². The summed E-state index contributed by atoms with van der Waals surface area (Å²) >= 11 is 0. The maximum Gasteiger partial charge on any atom is 0.508 e. The van der Waals surface area contributed by atoms with Gasteiger partial charge in [-0.15, -0.1) is 0 Å². The van der Waals surface area contributed by atoms with E-state index in [2.05, 4.69) is 141 Å². The Kier molecular flexibility index (Phi) is 17.9. The summed E-state index contributed by atoms with van der Waals surface area (Å²) in [7, 11) is 3.46. The van der Waals surface area contributed by atoms with Crippen LogP contribution in [-0.2, 0) is 19.1 Å². The van der Waals surface area contributed by atoms with E-state index in [1.807, 2.05) is 12.4 Å². The van der Waals surface area contributed by atoms with Crippen molar-refractivity contribution in [2.24, 2.45) is 35.5 Å². The monoisotopic (exact) mass is 1140 g/mol. The van der Waals surface area contributed by atoms with Crippen molar-refractivity contribution in [3.8, 4) is 33.8 Å². The number of benzene rings is 4. The minimum absolute atomic E-state index is 0.0908. The highest BCUT2D eigenvalue weighted by molar-refractivity contribution is 5.80. The van der Waals surface area contributed by atoms with Crippen molar-refractivity contribution >= 4 is 18.0 Å². The number of nitrogens with one attached hydrogen (secondary N) is 2. The van der Waals surface area contributed by atoms with Gasteiger partial charge in [0, 0.05) is 35.4 Å². The molecule has 0 bridgehead atoms. The molecule has 6 aliphatic rings. The normalized spacial score (nSPS) is 25.2. The van der Waals surface area contributed by atoms with E-state index in [0.717, 1.165) is 148 Å². The van der Waals surface area contributed by atoms with Crippen molar-refractivity contribution in [1.29, 1.82) is 0 Å². The van der Waals surface area contributed by atoms with Gasteiger partial charge in [0.25, 0.3) is 0 Å². The van der Waals surface area contributed by atoms with Crippen LogP contribution in [0.2, 0.25) is 0 Å². The molecule has 0 radical (unpaired) electrons. The summed E-state index contributed by atoms with van der Waals surface area (Å²) in [5.41, 5.74) is 11.9. The molecular weight excluding hydrogens is 1050 g/mol. The van der Waals surface area contributed by atoms with Gasteiger partial charge in [-0.25, -0.2) is 4.79 Å². The Morgan fingerprint density at radius 1 is 0.488 bits per heavy atom. The van der Waals surface area contributed by atoms with Crippen molar-refractivity contribution in [2.75, 3.05) is 27.4 Å². The van der Waals surface area contributed by atoms with Crippen molar-refractivity contribution in [3.63, 3.8) is 0 Å². The average Bonchev–Trinajstić information content (AvgIpc) is 4.63. The van der Waals surface area contributed by atoms with E-state index in [1.165, 1.54) is 47.9 Å². The zero-order valence-electron chi connectivity index (χ0n) is 50.0. The number of carbonyl (C=O) groups is 3. The predicted molar refractivity (Wildman–Crippen MR) is 327 cm³/mol. The quantitative estimate of drug-likeness (QED) is 0.0713. The molecule has 0 spiro atoms. The summed E-state index contributed by atoms with van der Waals surface area (Å²) in [5.74, 6) is 3.89. The molecule has 0 aliphatic heterocycles. The molecular formula is C71H88N6O7. The molecule has 2 amide bonds. The van der Waals surface area contributed by atoms with Crippen molar-refractivity contribution in [1.82, 2.24) is 30.2 Å². The summed E-state index contributed by atoms with van der Waals surface area (Å²) in [6, 6.07) is 31.6. The third-order valence-electron chi connectivity index (χ3n) is 20.4. The molecule has 4 aromatic carbocycles. The minimum Gasteiger partial charge on any atom is -0.496 e. The fourth-order valence-corrected chi connectivity index (χ4v) is 14.8. The maximum absolute atomic E-state index is 14.4. The van der Waals surface area contributed by atoms with Crippen LogP contribution in [0.25, 0.3) is 22.3 Å². The van der Waals surface area contributed by atoms with E-state index in [0.29, 0.717) is 49.0 Å². The summed E-state index contributed by atoms with van der Waals surface area (Å²) in [5, 5.41) is 16.6. The molecule has 6 fully saturated rings. The fraction of sp³-hybridized carbons (Fsp3) is 0.535. The van der Waals surface area contributed by atoms with Crippen LogP contribution in [0.3, 0.4) is 0 Å². The first-order chi connectivity index (χ1) is 41.0. The van der Waals surface area contributed by atoms with Gasteiger partial charge >= 0.3 is 6.16 Å². The SMILES string of the molecule is COc1ccc(C2CCC(C(NC(=O)C3CCC(COC(=O)OCC4CCC(C(=O)NC(c5cccc(-c6cnn(C7CC7)c6)c5)C5CCC(c6ccc(OC)c(C)c6)CC5)CC4)CC3)c3cccc(-c4cnn(C5CC5)c4)c3)CC2)cc1C. The Labute approximate surface area is 497 Å². The lowest BCUT2D eigenvalue weighted by molar-refractivity contribution is -0.128. The highest BCUT2D eigenvalue weighted by Crippen LogP contribution is 2.46. The number of carbonyl (C=O) groups excluding carboxylic acids is 3. The standard InChI is InChI=1S/C71H88N6O7/c1-45-35-57(27-33-65(45)81-3)49-19-23-51(24-20-49)67(59-9-5-7-55(37-59)61-39-72-76(41-61)63-29-30-63)74-69(78)53-15-11-47(12-16-53)43-83-71(80)84-44-48-13-17-54(18-14-48)70(79)75-68(52-25-21-50(22-26-52)58-28-34-66(82-4)46(2)36-58)60-10-6-8-56(38-60)62-40-73-77(42-62)64-31-32-64/h5-10,27-28,33-42,47-54,63-64,67-68H,11-26,29-32,43-44H2,1-4H3,(H,74,78)(H,75,79). The largest absolute Gasteiger partial charge is 0.508 e. The molecule has 2 aromatic heterocycles. The number of ether oxygens (including phenoxy) is 4. The second-order valence-electron chi connectivity index (χ2n) is 26.1. The van der Waals surface area contributed by atoms with E-state index >= 15 is 0 Å². The molecule has 6 aromatic rings. The molecule has 6 aliphatic carbocycles. The average molecular weight is 1140 g/mol. The number of amides is 2. The number of methoxy groups -OCH3 is 2. The summed E-state index contributed by atoms with van der Waals surface area (Å²) in [6.07, 6.45) is 27.1. The maximum atomic E-state index is 14.4. The molecule has 13 nitrogen and oxygen atoms in total. The second-order valence-corrected chi connectivity index (χ2v) is 26.1. The van der Waals surface area contributed by atoms with Crippen LogP contribution in [0, 0.1) is 49.4 Å². The molecule has 2 heterocycles. The zero-order chi connectivity index (χ0) is 57.7. The van der Waals surface area contributed by atoms with Gasteiger partial charge in [-0.3, -0.25) is 19.0 Å². The van der Waals surface area contributed by atoms with E-state index in [9.17, 15) is 14.4 Å². The van der Waals surface area contributed by atoms with Crippen LogP contribution in [0.1, 0.15) is 198 Å². The summed E-state index contributed by atoms with van der Waals surface area (Å²) in [6.45, 7) is 4.82. The van der Waals surface area contributed by atoms with E-state index in [4.69, 9.17) is 18.9 Å². The highest BCUT2D eigenvalue weighted by atomic mass is 16.7. The van der Waals surface area contributed by atoms with Crippen LogP contribution < -0.4 is 20.1 Å². The topological polar surface area (TPSA) is 148 Å². The second kappa shape index (κ2) is 26.2. The van der Waals surface area contributed by atoms with E-state index < -0.39 is 6.16 Å². The van der Waals surface area contributed by atoms with E-state index in [1.54, 1.807) is 14.2 Å². The molecule has 2 atom stereocenters. The first kappa shape index (κ1) is 57.5. The Morgan fingerprint density at radius 3 is 1.26 bits per heavy atom. The molecule has 84 heavy (non-hydrogen) atoms. The van der Waals surface area contributed by atoms with Gasteiger partial charge in [0.1, 0.15) is 11.5 Å². The number of aryl methyl sites for hydroxylation is 2. The van der Waals surface area contributed by atoms with Crippen LogP contribution in [0.5, 0.6) is 11.5 Å². The Balaban J connectivity index is 0.607. The fourth-order valence-electron chi connectivity index (χ4n) is 14.8. The van der Waals surface area contributed by atoms with Gasteiger partial charge in [0.05, 0.1) is 64.0 Å². The number of hydrogen-bond acceptors (Lipinski definition) is 9. The molecule has 2 N–H and O–H groups in total. The Hall–Kier alpha value is -6.89. The molecule has 2 unspecified atom stereocenters. The lowest BCUT2D eigenvalue weighted by atomic mass is 9.74. The highest BCUT2D eigenvalue weighted by Gasteiger charge is 2.37. The lowest BCUT2D eigenvalue weighted by Crippen LogP contribution is -2.40. The van der Waals surface area contributed by atoms with Gasteiger partial charge < -0.3 is 29.6 Å². The van der Waals surface area contributed by atoms with Crippen LogP contribution in [0.4, 0.5) is 4.79 Å². The molecule has 0 saturated heterocycles. The van der Waals surface area contributed by atoms with Gasteiger partial charge in [-0.2, -0.15) is 10.2 Å². The lowest BCUT2D eigenvalue weighted by Gasteiger charge is -2.36. The Bertz CT molecular complexity index is 3010. The zero-order valence-corrected chi connectivity index (χ0v) is 50.0. The number of nitrogens with zero attached hydrogens (tertiary/aromatic N) is 4. The van der Waals surface area contributed by atoms with Gasteiger partial charge in [0.2, 0.25) is 11.8 Å². The number of aromatic nitrogens is 4. The van der Waals surface area contributed by atoms with Crippen molar-refractivity contribution in [2.45, 2.75) is 178 Å². The molecule has 444 valence electrons. The third-order valence-corrected chi connectivity index (χ3v) is 20.4. The van der Waals surface area contributed by atoms with Gasteiger partial charge in [0.15, 0.2) is 0 Å². The Morgan fingerprint density at radius 2 is 0.893 bits per heavy atom. The van der Waals surface area contributed by atoms with Crippen LogP contribution >= 0.6 is 0 Å². The van der Waals surface area contributed by atoms with Gasteiger partial charge in [-0.05, 0) is 247 Å². The van der Waals surface area contributed by atoms with Crippen LogP contribution in [-0.4, -0.2) is 65.0 Å². The smallest absolute Gasteiger partial charge is 0.496 e. The summed E-state index contributed by atoms with van der Waals surface area (Å²) in [4.78, 5) is 41.8. The first-order valence-electron chi connectivity index (χ1n) is 32.0. The minimum atomic E-state index is -0.627. The van der Waals surface area contributed by atoms with Crippen molar-refractivity contribution < 1.29 is 33.3 Å². The number of hydrogen-bond donors (Lipinski definition) is 2. The number of rotatable bonds is 20. The summed E-state index contributed by atoms with van der Waals surface area (Å²) < 4.78 is 26.8. The molecule has 6 saturated carbocycles. The predicted octanol–water partition coefficient (Wildman–Crippen LogP) is 15.4. The molecule has 13 heteroatoms. The molecule has 12 rings (SSSR count). The van der Waals surface area contributed by atoms with Crippen molar-refractivity contribution in [3.05, 3.63) is 143 Å². The van der Waals surface area contributed by atoms with Gasteiger partial charge in [-0.1, -0.05) is 60.7 Å². The third kappa shape index (κ3) is 13.8. The van der Waals surface area contributed by atoms with E-state index in [-0.39, 0.29) is 47.6 Å².